The third kappa shape index (κ3) is 1.55. The summed E-state index contributed by atoms with van der Waals surface area (Å²) < 4.78 is 27.0. The number of aromatic nitrogens is 2. The second kappa shape index (κ2) is 3.29. The van der Waals surface area contributed by atoms with E-state index in [4.69, 9.17) is 5.73 Å². The number of nitro groups is 1. The number of hydrogen-bond donors (Lipinski definition) is 1. The number of halogens is 2. The molecule has 0 spiro atoms. The Morgan fingerprint density at radius 3 is 2.79 bits per heavy atom. The number of hydrogen-bond acceptors (Lipinski definition) is 4. The second-order valence-corrected chi connectivity index (χ2v) is 2.67. The van der Waals surface area contributed by atoms with Crippen LogP contribution in [-0.4, -0.2) is 21.2 Å². The zero-order valence-corrected chi connectivity index (χ0v) is 7.28. The highest BCUT2D eigenvalue weighted by atomic mass is 19.3. The minimum absolute atomic E-state index is 0.719. The normalized spacial score (nSPS) is 11.7. The van der Waals surface area contributed by atoms with Gasteiger partial charge < -0.3 is 5.73 Å². The molecule has 0 aliphatic heterocycles. The lowest BCUT2D eigenvalue weighted by Crippen LogP contribution is -2.28. The average Bonchev–Trinajstić information content (AvgIpc) is 2.47. The van der Waals surface area contributed by atoms with Crippen molar-refractivity contribution in [3.8, 4) is 0 Å². The van der Waals surface area contributed by atoms with Crippen LogP contribution in [0.4, 0.5) is 14.5 Å². The summed E-state index contributed by atoms with van der Waals surface area (Å²) in [6.07, 6.45) is 0.777. The molecule has 1 aromatic heterocycles. The highest BCUT2D eigenvalue weighted by Crippen LogP contribution is 2.32. The van der Waals surface area contributed by atoms with Gasteiger partial charge >= 0.3 is 11.6 Å². The summed E-state index contributed by atoms with van der Waals surface area (Å²) in [4.78, 5) is 9.46. The summed E-state index contributed by atoms with van der Waals surface area (Å²) >= 11 is 0. The van der Waals surface area contributed by atoms with Gasteiger partial charge in [0.15, 0.2) is 5.69 Å². The fourth-order valence-corrected chi connectivity index (χ4v) is 1.08. The lowest BCUT2D eigenvalue weighted by atomic mass is 10.2. The van der Waals surface area contributed by atoms with Gasteiger partial charge in [0.05, 0.1) is 11.5 Å². The van der Waals surface area contributed by atoms with Crippen LogP contribution < -0.4 is 5.73 Å². The number of rotatable bonds is 3. The zero-order valence-electron chi connectivity index (χ0n) is 7.28. The van der Waals surface area contributed by atoms with Gasteiger partial charge in [-0.3, -0.25) is 14.8 Å². The number of nitrogens with zero attached hydrogens (tertiary/aromatic N) is 3. The van der Waals surface area contributed by atoms with Crippen LogP contribution in [0.5, 0.6) is 0 Å². The smallest absolute Gasteiger partial charge is 0.316 e. The number of aryl methyl sites for hydroxylation is 1. The molecule has 0 unspecified atom stereocenters. The molecule has 1 rings (SSSR count). The Balaban J connectivity index is 3.31. The van der Waals surface area contributed by atoms with Crippen LogP contribution >= 0.6 is 0 Å². The maximum Gasteiger partial charge on any atom is 0.316 e. The molecule has 78 valence electrons. The van der Waals surface area contributed by atoms with E-state index in [0.717, 1.165) is 10.9 Å². The molecule has 0 saturated carbocycles. The molecule has 14 heavy (non-hydrogen) atoms. The zero-order chi connectivity index (χ0) is 10.9. The molecule has 0 aliphatic carbocycles. The van der Waals surface area contributed by atoms with Crippen LogP contribution in [0.15, 0.2) is 6.20 Å². The van der Waals surface area contributed by atoms with Crippen molar-refractivity contribution in [2.75, 3.05) is 6.54 Å². The molecule has 0 bridgehead atoms. The standard InChI is InChI=1S/C6H8F2N4O2/c1-11-5(6(7,8)3-9)4(2-10-11)12(13)14/h2H,3,9H2,1H3. The molecule has 6 nitrogen and oxygen atoms in total. The summed E-state index contributed by atoms with van der Waals surface area (Å²) in [6.45, 7) is -0.993. The first-order valence-electron chi connectivity index (χ1n) is 3.65. The molecular weight excluding hydrogens is 198 g/mol. The second-order valence-electron chi connectivity index (χ2n) is 2.67. The van der Waals surface area contributed by atoms with E-state index in [9.17, 15) is 18.9 Å². The molecule has 1 aromatic rings. The maximum absolute atomic E-state index is 13.1. The third-order valence-electron chi connectivity index (χ3n) is 1.72. The average molecular weight is 206 g/mol. The summed E-state index contributed by atoms with van der Waals surface area (Å²) in [5, 5.41) is 13.8. The highest BCUT2D eigenvalue weighted by molar-refractivity contribution is 5.36. The largest absolute Gasteiger partial charge is 0.325 e. The van der Waals surface area contributed by atoms with Crippen LogP contribution in [0.25, 0.3) is 0 Å². The van der Waals surface area contributed by atoms with Gasteiger partial charge in [-0.15, -0.1) is 0 Å². The van der Waals surface area contributed by atoms with Crippen LogP contribution in [0, 0.1) is 10.1 Å². The monoisotopic (exact) mass is 206 g/mol. The van der Waals surface area contributed by atoms with Gasteiger partial charge in [0.25, 0.3) is 0 Å². The number of nitrogens with two attached hydrogens (primary N) is 1. The van der Waals surface area contributed by atoms with Crippen LogP contribution in [0.3, 0.4) is 0 Å². The van der Waals surface area contributed by atoms with E-state index in [0.29, 0.717) is 0 Å². The molecule has 0 amide bonds. The van der Waals surface area contributed by atoms with E-state index in [1.807, 2.05) is 0 Å². The van der Waals surface area contributed by atoms with E-state index in [2.05, 4.69) is 5.10 Å². The SMILES string of the molecule is Cn1ncc([N+](=O)[O-])c1C(F)(F)CN. The minimum atomic E-state index is -3.44. The lowest BCUT2D eigenvalue weighted by molar-refractivity contribution is -0.387. The fraction of sp³-hybridized carbons (Fsp3) is 0.500. The van der Waals surface area contributed by atoms with Gasteiger partial charge in [-0.1, -0.05) is 0 Å². The maximum atomic E-state index is 13.1. The quantitative estimate of drug-likeness (QED) is 0.572. The summed E-state index contributed by atoms with van der Waals surface area (Å²) in [7, 11) is 1.20. The van der Waals surface area contributed by atoms with Crippen molar-refractivity contribution in [3.05, 3.63) is 22.0 Å². The van der Waals surface area contributed by atoms with Crippen LogP contribution in [-0.2, 0) is 13.0 Å². The van der Waals surface area contributed by atoms with E-state index in [1.165, 1.54) is 7.05 Å². The van der Waals surface area contributed by atoms with E-state index in [1.54, 1.807) is 0 Å². The molecule has 0 saturated heterocycles. The topological polar surface area (TPSA) is 87.0 Å². The van der Waals surface area contributed by atoms with Crippen molar-refractivity contribution in [3.63, 3.8) is 0 Å². The van der Waals surface area contributed by atoms with Gasteiger partial charge in [0.2, 0.25) is 0 Å². The molecule has 0 fully saturated rings. The number of alkyl halides is 2. The van der Waals surface area contributed by atoms with Gasteiger partial charge in [-0.05, 0) is 0 Å². The molecule has 8 heteroatoms. The van der Waals surface area contributed by atoms with Crippen molar-refractivity contribution in [2.24, 2.45) is 12.8 Å². The van der Waals surface area contributed by atoms with Crippen molar-refractivity contribution in [1.29, 1.82) is 0 Å². The van der Waals surface area contributed by atoms with Gasteiger partial charge in [-0.2, -0.15) is 13.9 Å². The minimum Gasteiger partial charge on any atom is -0.325 e. The van der Waals surface area contributed by atoms with Crippen LogP contribution in [0.2, 0.25) is 0 Å². The first-order valence-corrected chi connectivity index (χ1v) is 3.65. The third-order valence-corrected chi connectivity index (χ3v) is 1.72. The van der Waals surface area contributed by atoms with Gasteiger partial charge in [0.1, 0.15) is 6.20 Å². The summed E-state index contributed by atoms with van der Waals surface area (Å²) in [6, 6.07) is 0. The molecule has 2 N–H and O–H groups in total. The first kappa shape index (κ1) is 10.5. The van der Waals surface area contributed by atoms with Gasteiger partial charge in [-0.25, -0.2) is 0 Å². The molecule has 1 heterocycles. The van der Waals surface area contributed by atoms with Crippen molar-refractivity contribution < 1.29 is 13.7 Å². The molecule has 0 aromatic carbocycles. The molecular formula is C6H8F2N4O2. The van der Waals surface area contributed by atoms with Crippen molar-refractivity contribution in [1.82, 2.24) is 9.78 Å². The Kier molecular flexibility index (Phi) is 2.47. The highest BCUT2D eigenvalue weighted by Gasteiger charge is 2.40. The first-order chi connectivity index (χ1) is 6.40. The molecule has 0 radical (unpaired) electrons. The van der Waals surface area contributed by atoms with E-state index >= 15 is 0 Å². The van der Waals surface area contributed by atoms with Gasteiger partial charge in [0, 0.05) is 7.05 Å². The molecule has 0 atom stereocenters. The predicted molar refractivity (Wildman–Crippen MR) is 42.8 cm³/mol. The fourth-order valence-electron chi connectivity index (χ4n) is 1.08. The Bertz CT molecular complexity index is 363. The predicted octanol–water partition coefficient (Wildman–Crippen LogP) is 0.379. The van der Waals surface area contributed by atoms with Crippen LogP contribution in [0.1, 0.15) is 5.69 Å². The van der Waals surface area contributed by atoms with E-state index in [-0.39, 0.29) is 0 Å². The Hall–Kier alpha value is -1.57. The van der Waals surface area contributed by atoms with E-state index < -0.39 is 28.8 Å². The summed E-state index contributed by atoms with van der Waals surface area (Å²) in [5.41, 5.74) is 3.33. The Morgan fingerprint density at radius 1 is 1.79 bits per heavy atom. The molecule has 0 aliphatic rings. The Morgan fingerprint density at radius 2 is 2.36 bits per heavy atom. The van der Waals surface area contributed by atoms with Crippen molar-refractivity contribution in [2.45, 2.75) is 5.92 Å². The Labute approximate surface area is 77.5 Å². The lowest BCUT2D eigenvalue weighted by Gasteiger charge is -2.12. The van der Waals surface area contributed by atoms with Crippen molar-refractivity contribution >= 4 is 5.69 Å². The summed E-state index contributed by atoms with van der Waals surface area (Å²) in [5.74, 6) is -3.44.